The minimum atomic E-state index is -0.374. The van der Waals surface area contributed by atoms with E-state index in [0.717, 1.165) is 44.8 Å². The Morgan fingerprint density at radius 1 is 0.500 bits per heavy atom. The minimum Gasteiger partial charge on any atom is -0.353 e. The van der Waals surface area contributed by atoms with E-state index in [9.17, 15) is 10.1 Å². The van der Waals surface area contributed by atoms with Gasteiger partial charge in [0, 0.05) is 23.3 Å². The summed E-state index contributed by atoms with van der Waals surface area (Å²) >= 11 is 0. The van der Waals surface area contributed by atoms with Crippen LogP contribution in [0.4, 0.5) is 5.69 Å². The zero-order valence-electron chi connectivity index (χ0n) is 17.2. The molecule has 0 saturated heterocycles. The highest BCUT2D eigenvalue weighted by Gasteiger charge is 2.22. The summed E-state index contributed by atoms with van der Waals surface area (Å²) < 4.78 is 0. The smallest absolute Gasteiger partial charge is 0.269 e. The van der Waals surface area contributed by atoms with Gasteiger partial charge in [0.05, 0.1) is 16.3 Å². The Hall–Kier alpha value is -4.44. The van der Waals surface area contributed by atoms with Crippen LogP contribution in [0.3, 0.4) is 0 Å². The summed E-state index contributed by atoms with van der Waals surface area (Å²) in [5, 5.41) is 11.2. The quantitative estimate of drug-likeness (QED) is 0.237. The highest BCUT2D eigenvalue weighted by Crippen LogP contribution is 2.46. The number of nitro benzene ring substituents is 1. The van der Waals surface area contributed by atoms with E-state index in [1.165, 1.54) is 0 Å². The molecule has 1 aromatic heterocycles. The van der Waals surface area contributed by atoms with E-state index in [-0.39, 0.29) is 10.6 Å². The molecule has 0 saturated carbocycles. The van der Waals surface area contributed by atoms with Crippen molar-refractivity contribution >= 4 is 5.69 Å². The zero-order valence-corrected chi connectivity index (χ0v) is 17.2. The topological polar surface area (TPSA) is 58.9 Å². The van der Waals surface area contributed by atoms with Gasteiger partial charge in [-0.1, -0.05) is 91.0 Å². The number of rotatable bonds is 5. The number of H-pyrrole nitrogens is 1. The van der Waals surface area contributed by atoms with Crippen LogP contribution in [0.25, 0.3) is 44.8 Å². The normalized spacial score (nSPS) is 10.8. The van der Waals surface area contributed by atoms with Crippen LogP contribution in [0.15, 0.2) is 115 Å². The van der Waals surface area contributed by atoms with E-state index < -0.39 is 0 Å². The van der Waals surface area contributed by atoms with Crippen LogP contribution < -0.4 is 0 Å². The molecule has 32 heavy (non-hydrogen) atoms. The molecule has 4 heteroatoms. The summed E-state index contributed by atoms with van der Waals surface area (Å²) in [4.78, 5) is 14.4. The average Bonchev–Trinajstić information content (AvgIpc) is 3.26. The molecule has 5 aromatic rings. The molecule has 0 aliphatic heterocycles. The summed E-state index contributed by atoms with van der Waals surface area (Å²) in [7, 11) is 0. The van der Waals surface area contributed by atoms with Crippen molar-refractivity contribution < 1.29 is 4.92 Å². The first kappa shape index (κ1) is 19.5. The van der Waals surface area contributed by atoms with Gasteiger partial charge in [-0.3, -0.25) is 10.1 Å². The van der Waals surface area contributed by atoms with Crippen molar-refractivity contribution in [2.24, 2.45) is 0 Å². The molecule has 0 bridgehead atoms. The van der Waals surface area contributed by atoms with Crippen LogP contribution in [0.5, 0.6) is 0 Å². The summed E-state index contributed by atoms with van der Waals surface area (Å²) in [6.45, 7) is 0. The SMILES string of the molecule is O=[N+]([O-])c1ccc(-c2[nH]c(-c3ccccc3)c(-c3ccccc3)c2-c2ccccc2)cc1. The average molecular weight is 416 g/mol. The fourth-order valence-corrected chi connectivity index (χ4v) is 4.07. The van der Waals surface area contributed by atoms with E-state index in [1.807, 2.05) is 54.6 Å². The second-order valence-corrected chi connectivity index (χ2v) is 7.53. The number of benzene rings is 4. The molecule has 0 aliphatic carbocycles. The van der Waals surface area contributed by atoms with Crippen molar-refractivity contribution in [1.29, 1.82) is 0 Å². The van der Waals surface area contributed by atoms with E-state index in [4.69, 9.17) is 0 Å². The molecule has 5 rings (SSSR count). The Morgan fingerprint density at radius 3 is 1.28 bits per heavy atom. The lowest BCUT2D eigenvalue weighted by molar-refractivity contribution is -0.384. The first-order chi connectivity index (χ1) is 15.7. The van der Waals surface area contributed by atoms with Crippen LogP contribution in [0.2, 0.25) is 0 Å². The maximum absolute atomic E-state index is 11.2. The molecule has 0 unspecified atom stereocenters. The van der Waals surface area contributed by atoms with Crippen molar-refractivity contribution in [1.82, 2.24) is 4.98 Å². The summed E-state index contributed by atoms with van der Waals surface area (Å²) in [5.74, 6) is 0. The lowest BCUT2D eigenvalue weighted by Gasteiger charge is -2.10. The fraction of sp³-hybridized carbons (Fsp3) is 0. The lowest BCUT2D eigenvalue weighted by atomic mass is 9.91. The van der Waals surface area contributed by atoms with Crippen molar-refractivity contribution in [3.63, 3.8) is 0 Å². The van der Waals surface area contributed by atoms with Crippen LogP contribution in [0, 0.1) is 10.1 Å². The molecule has 154 valence electrons. The van der Waals surface area contributed by atoms with E-state index in [2.05, 4.69) is 41.4 Å². The van der Waals surface area contributed by atoms with Crippen LogP contribution in [-0.2, 0) is 0 Å². The van der Waals surface area contributed by atoms with Crippen molar-refractivity contribution in [2.45, 2.75) is 0 Å². The number of nitrogens with zero attached hydrogens (tertiary/aromatic N) is 1. The van der Waals surface area contributed by atoms with Crippen LogP contribution >= 0.6 is 0 Å². The van der Waals surface area contributed by atoms with Gasteiger partial charge in [-0.15, -0.1) is 0 Å². The zero-order chi connectivity index (χ0) is 21.9. The summed E-state index contributed by atoms with van der Waals surface area (Å²) in [5.41, 5.74) is 8.38. The Labute approximate surface area is 186 Å². The minimum absolute atomic E-state index is 0.0770. The van der Waals surface area contributed by atoms with Gasteiger partial charge in [-0.2, -0.15) is 0 Å². The lowest BCUT2D eigenvalue weighted by Crippen LogP contribution is -1.88. The molecule has 0 amide bonds. The molecule has 0 aliphatic rings. The molecule has 1 N–H and O–H groups in total. The largest absolute Gasteiger partial charge is 0.353 e. The third kappa shape index (κ3) is 3.59. The predicted octanol–water partition coefficient (Wildman–Crippen LogP) is 7.59. The number of aromatic nitrogens is 1. The van der Waals surface area contributed by atoms with E-state index in [1.54, 1.807) is 24.3 Å². The monoisotopic (exact) mass is 416 g/mol. The Bertz CT molecular complexity index is 1360. The summed E-state index contributed by atoms with van der Waals surface area (Å²) in [6.07, 6.45) is 0. The highest BCUT2D eigenvalue weighted by molar-refractivity contribution is 6.01. The Balaban J connectivity index is 1.84. The van der Waals surface area contributed by atoms with Gasteiger partial charge in [0.15, 0.2) is 0 Å². The maximum Gasteiger partial charge on any atom is 0.269 e. The number of non-ortho nitro benzene ring substituents is 1. The van der Waals surface area contributed by atoms with Crippen LogP contribution in [-0.4, -0.2) is 9.91 Å². The molecular weight excluding hydrogens is 396 g/mol. The molecular formula is C28H20N2O2. The second-order valence-electron chi connectivity index (χ2n) is 7.53. The standard InChI is InChI=1S/C28H20N2O2/c31-30(32)24-18-16-23(17-19-24)28-26(21-12-6-2-7-13-21)25(20-10-4-1-5-11-20)27(29-28)22-14-8-3-9-15-22/h1-19,29H. The molecule has 0 radical (unpaired) electrons. The van der Waals surface area contributed by atoms with Gasteiger partial charge in [0.25, 0.3) is 5.69 Å². The van der Waals surface area contributed by atoms with Crippen molar-refractivity contribution in [2.75, 3.05) is 0 Å². The highest BCUT2D eigenvalue weighted by atomic mass is 16.6. The number of nitrogens with one attached hydrogen (secondary N) is 1. The van der Waals surface area contributed by atoms with E-state index in [0.29, 0.717) is 0 Å². The van der Waals surface area contributed by atoms with E-state index >= 15 is 0 Å². The van der Waals surface area contributed by atoms with Crippen molar-refractivity contribution in [3.8, 4) is 44.8 Å². The first-order valence-corrected chi connectivity index (χ1v) is 10.4. The Kier molecular flexibility index (Phi) is 5.10. The van der Waals surface area contributed by atoms with Gasteiger partial charge in [-0.25, -0.2) is 0 Å². The van der Waals surface area contributed by atoms with Gasteiger partial charge >= 0.3 is 0 Å². The van der Waals surface area contributed by atoms with Crippen molar-refractivity contribution in [3.05, 3.63) is 125 Å². The van der Waals surface area contributed by atoms with Gasteiger partial charge in [0.2, 0.25) is 0 Å². The van der Waals surface area contributed by atoms with Gasteiger partial charge in [0.1, 0.15) is 0 Å². The second kappa shape index (κ2) is 8.36. The Morgan fingerprint density at radius 2 is 0.875 bits per heavy atom. The molecule has 0 atom stereocenters. The maximum atomic E-state index is 11.2. The predicted molar refractivity (Wildman–Crippen MR) is 129 cm³/mol. The first-order valence-electron chi connectivity index (χ1n) is 10.4. The molecule has 4 aromatic carbocycles. The number of aromatic amines is 1. The summed E-state index contributed by atoms with van der Waals surface area (Å²) in [6, 6.07) is 37.5. The van der Waals surface area contributed by atoms with Gasteiger partial charge < -0.3 is 4.98 Å². The number of hydrogen-bond acceptors (Lipinski definition) is 2. The molecule has 4 nitrogen and oxygen atoms in total. The number of hydrogen-bond donors (Lipinski definition) is 1. The fourth-order valence-electron chi connectivity index (χ4n) is 4.07. The van der Waals surface area contributed by atoms with Crippen LogP contribution in [0.1, 0.15) is 0 Å². The third-order valence-electron chi connectivity index (χ3n) is 5.55. The molecule has 0 spiro atoms. The van der Waals surface area contributed by atoms with Gasteiger partial charge in [-0.05, 0) is 34.4 Å². The molecule has 0 fully saturated rings. The third-order valence-corrected chi connectivity index (χ3v) is 5.55. The molecule has 1 heterocycles. The number of nitro groups is 1.